The largest absolute Gasteiger partial charge is 0.357 e. The quantitative estimate of drug-likeness (QED) is 0.410. The fourth-order valence-electron chi connectivity index (χ4n) is 1.97. The molecule has 1 heterocycles. The Hall–Kier alpha value is -0.420. The van der Waals surface area contributed by atoms with E-state index in [-0.39, 0.29) is 5.54 Å². The molecule has 1 rings (SSSR count). The minimum atomic E-state index is 0.168. The molecule has 0 saturated carbocycles. The highest BCUT2D eigenvalue weighted by molar-refractivity contribution is 7.99. The summed E-state index contributed by atoms with van der Waals surface area (Å²) in [5.41, 5.74) is 0.168. The lowest BCUT2D eigenvalue weighted by Crippen LogP contribution is -2.46. The molecule has 1 fully saturated rings. The van der Waals surface area contributed by atoms with E-state index in [0.717, 1.165) is 25.6 Å². The Morgan fingerprint density at radius 1 is 1.37 bits per heavy atom. The second-order valence-corrected chi connectivity index (χ2v) is 7.15. The summed E-state index contributed by atoms with van der Waals surface area (Å²) in [5, 5.41) is 10.3. The van der Waals surface area contributed by atoms with Gasteiger partial charge in [0.15, 0.2) is 5.96 Å². The van der Waals surface area contributed by atoms with Gasteiger partial charge in [0.2, 0.25) is 0 Å². The second-order valence-electron chi connectivity index (χ2n) is 6.00. The molecule has 0 aromatic carbocycles. The zero-order valence-electron chi connectivity index (χ0n) is 12.9. The Labute approximate surface area is 122 Å². The molecule has 1 atom stereocenters. The predicted octanol–water partition coefficient (Wildman–Crippen LogP) is 1.83. The van der Waals surface area contributed by atoms with E-state index in [2.05, 4.69) is 48.6 Å². The van der Waals surface area contributed by atoms with E-state index in [1.165, 1.54) is 24.3 Å². The lowest BCUT2D eigenvalue weighted by molar-refractivity contribution is 0.432. The van der Waals surface area contributed by atoms with Crippen LogP contribution in [0.25, 0.3) is 0 Å². The monoisotopic (exact) mass is 286 g/mol. The molecule has 0 spiro atoms. The minimum Gasteiger partial charge on any atom is -0.357 e. The van der Waals surface area contributed by atoms with Crippen molar-refractivity contribution >= 4 is 17.7 Å². The first-order valence-corrected chi connectivity index (χ1v) is 8.54. The van der Waals surface area contributed by atoms with Gasteiger partial charge < -0.3 is 16.0 Å². The number of hydrogen-bond acceptors (Lipinski definition) is 3. The first-order valence-electron chi connectivity index (χ1n) is 7.39. The van der Waals surface area contributed by atoms with Crippen molar-refractivity contribution in [1.29, 1.82) is 0 Å². The molecular formula is C14H30N4S. The first kappa shape index (κ1) is 16.6. The molecule has 1 unspecified atom stereocenters. The Balaban J connectivity index is 2.33. The highest BCUT2D eigenvalue weighted by Gasteiger charge is 2.14. The van der Waals surface area contributed by atoms with Gasteiger partial charge in [0.25, 0.3) is 0 Å². The van der Waals surface area contributed by atoms with Crippen LogP contribution < -0.4 is 16.0 Å². The van der Waals surface area contributed by atoms with E-state index >= 15 is 0 Å². The third-order valence-electron chi connectivity index (χ3n) is 2.88. The lowest BCUT2D eigenvalue weighted by Gasteiger charge is -2.25. The van der Waals surface area contributed by atoms with Gasteiger partial charge >= 0.3 is 0 Å². The van der Waals surface area contributed by atoms with Crippen LogP contribution in [0.1, 0.15) is 40.5 Å². The zero-order valence-corrected chi connectivity index (χ0v) is 13.7. The van der Waals surface area contributed by atoms with Crippen molar-refractivity contribution in [3.05, 3.63) is 0 Å². The van der Waals surface area contributed by atoms with Crippen LogP contribution in [0, 0.1) is 0 Å². The third kappa shape index (κ3) is 8.37. The van der Waals surface area contributed by atoms with Crippen molar-refractivity contribution in [2.75, 3.05) is 31.1 Å². The highest BCUT2D eigenvalue weighted by Crippen LogP contribution is 2.16. The van der Waals surface area contributed by atoms with Crippen molar-refractivity contribution in [2.24, 2.45) is 4.99 Å². The summed E-state index contributed by atoms with van der Waals surface area (Å²) >= 11 is 2.04. The van der Waals surface area contributed by atoms with Crippen LogP contribution in [0.3, 0.4) is 0 Å². The third-order valence-corrected chi connectivity index (χ3v) is 4.10. The predicted molar refractivity (Wildman–Crippen MR) is 87.2 cm³/mol. The summed E-state index contributed by atoms with van der Waals surface area (Å²) in [6, 6.07) is 0.576. The molecule has 3 N–H and O–H groups in total. The van der Waals surface area contributed by atoms with Crippen molar-refractivity contribution in [3.63, 3.8) is 0 Å². The van der Waals surface area contributed by atoms with Crippen LogP contribution in [0.5, 0.6) is 0 Å². The normalized spacial score (nSPS) is 21.3. The SMILES string of the molecule is CCNC(=NCCNC(C)(C)C)NC1CCCSC1. The highest BCUT2D eigenvalue weighted by atomic mass is 32.2. The smallest absolute Gasteiger partial charge is 0.191 e. The molecule has 0 bridgehead atoms. The Kier molecular flexibility index (Phi) is 7.61. The van der Waals surface area contributed by atoms with E-state index in [1.807, 2.05) is 11.8 Å². The number of nitrogens with one attached hydrogen (secondary N) is 3. The van der Waals surface area contributed by atoms with Gasteiger partial charge in [-0.15, -0.1) is 0 Å². The summed E-state index contributed by atoms with van der Waals surface area (Å²) in [6.45, 7) is 11.3. The van der Waals surface area contributed by atoms with Gasteiger partial charge in [-0.3, -0.25) is 4.99 Å². The average Bonchev–Trinajstić information content (AvgIpc) is 2.35. The van der Waals surface area contributed by atoms with Gasteiger partial charge in [-0.2, -0.15) is 11.8 Å². The molecule has 0 radical (unpaired) electrons. The van der Waals surface area contributed by atoms with Crippen LogP contribution >= 0.6 is 11.8 Å². The van der Waals surface area contributed by atoms with Crippen LogP contribution in [0.15, 0.2) is 4.99 Å². The summed E-state index contributed by atoms with van der Waals surface area (Å²) in [5.74, 6) is 3.47. The lowest BCUT2D eigenvalue weighted by atomic mass is 10.1. The number of rotatable bonds is 5. The summed E-state index contributed by atoms with van der Waals surface area (Å²) < 4.78 is 0. The number of aliphatic imine (C=N–C) groups is 1. The Morgan fingerprint density at radius 2 is 2.16 bits per heavy atom. The van der Waals surface area contributed by atoms with E-state index in [1.54, 1.807) is 0 Å². The van der Waals surface area contributed by atoms with E-state index < -0.39 is 0 Å². The van der Waals surface area contributed by atoms with Crippen LogP contribution in [0.4, 0.5) is 0 Å². The number of nitrogens with zero attached hydrogens (tertiary/aromatic N) is 1. The molecule has 1 aliphatic heterocycles. The topological polar surface area (TPSA) is 48.5 Å². The van der Waals surface area contributed by atoms with Crippen molar-refractivity contribution in [2.45, 2.75) is 52.1 Å². The standard InChI is InChI=1S/C14H30N4S/c1-5-15-13(16-8-9-17-14(2,3)4)18-12-7-6-10-19-11-12/h12,17H,5-11H2,1-4H3,(H2,15,16,18). The van der Waals surface area contributed by atoms with Crippen molar-refractivity contribution < 1.29 is 0 Å². The van der Waals surface area contributed by atoms with E-state index in [9.17, 15) is 0 Å². The fraction of sp³-hybridized carbons (Fsp3) is 0.929. The summed E-state index contributed by atoms with van der Waals surface area (Å²) in [6.07, 6.45) is 2.57. The second kappa shape index (κ2) is 8.69. The number of thioether (sulfide) groups is 1. The van der Waals surface area contributed by atoms with Crippen LogP contribution in [-0.2, 0) is 0 Å². The van der Waals surface area contributed by atoms with Gasteiger partial charge in [-0.25, -0.2) is 0 Å². The van der Waals surface area contributed by atoms with Gasteiger partial charge in [0.05, 0.1) is 6.54 Å². The van der Waals surface area contributed by atoms with Crippen molar-refractivity contribution in [3.8, 4) is 0 Å². The Morgan fingerprint density at radius 3 is 2.74 bits per heavy atom. The maximum atomic E-state index is 4.63. The van der Waals surface area contributed by atoms with E-state index in [0.29, 0.717) is 6.04 Å². The number of hydrogen-bond donors (Lipinski definition) is 3. The van der Waals surface area contributed by atoms with E-state index in [4.69, 9.17) is 0 Å². The zero-order chi connectivity index (χ0) is 14.1. The maximum absolute atomic E-state index is 4.63. The van der Waals surface area contributed by atoms with Crippen molar-refractivity contribution in [1.82, 2.24) is 16.0 Å². The molecule has 4 nitrogen and oxygen atoms in total. The first-order chi connectivity index (χ1) is 9.01. The number of guanidine groups is 1. The molecule has 112 valence electrons. The van der Waals surface area contributed by atoms with Gasteiger partial charge in [0, 0.05) is 30.4 Å². The molecule has 19 heavy (non-hydrogen) atoms. The molecule has 1 saturated heterocycles. The molecule has 1 aliphatic rings. The van der Waals surface area contributed by atoms with Gasteiger partial charge in [0.1, 0.15) is 0 Å². The molecule has 0 aromatic heterocycles. The molecule has 0 amide bonds. The summed E-state index contributed by atoms with van der Waals surface area (Å²) in [4.78, 5) is 4.63. The molecular weight excluding hydrogens is 256 g/mol. The molecule has 0 aromatic rings. The maximum Gasteiger partial charge on any atom is 0.191 e. The summed E-state index contributed by atoms with van der Waals surface area (Å²) in [7, 11) is 0. The molecule has 0 aliphatic carbocycles. The van der Waals surface area contributed by atoms with Gasteiger partial charge in [-0.05, 0) is 46.3 Å². The van der Waals surface area contributed by atoms with Crippen LogP contribution in [0.2, 0.25) is 0 Å². The van der Waals surface area contributed by atoms with Crippen LogP contribution in [-0.4, -0.2) is 48.7 Å². The Bertz CT molecular complexity index is 267. The average molecular weight is 286 g/mol. The molecule has 5 heteroatoms. The fourth-order valence-corrected chi connectivity index (χ4v) is 3.04. The minimum absolute atomic E-state index is 0.168. The van der Waals surface area contributed by atoms with Gasteiger partial charge in [-0.1, -0.05) is 0 Å².